The zero-order chi connectivity index (χ0) is 10.7. The van der Waals surface area contributed by atoms with Gasteiger partial charge in [-0.3, -0.25) is 4.90 Å². The standard InChI is InChI=1S/C12H17FN2/c13-11-4-1-3-10(7-11)8-15-6-2-5-12(14)9-15/h1,3-4,7,12H,2,5-6,8-9,14H2/t12-/m0/s1. The maximum Gasteiger partial charge on any atom is 0.123 e. The topological polar surface area (TPSA) is 29.3 Å². The molecule has 1 fully saturated rings. The van der Waals surface area contributed by atoms with Gasteiger partial charge in [0.05, 0.1) is 0 Å². The molecule has 2 N–H and O–H groups in total. The van der Waals surface area contributed by atoms with E-state index >= 15 is 0 Å². The van der Waals surface area contributed by atoms with Crippen molar-refractivity contribution in [3.8, 4) is 0 Å². The van der Waals surface area contributed by atoms with Gasteiger partial charge in [-0.25, -0.2) is 4.39 Å². The number of hydrogen-bond donors (Lipinski definition) is 1. The quantitative estimate of drug-likeness (QED) is 0.802. The molecule has 2 nitrogen and oxygen atoms in total. The Balaban J connectivity index is 1.96. The first kappa shape index (κ1) is 10.6. The van der Waals surface area contributed by atoms with E-state index < -0.39 is 0 Å². The summed E-state index contributed by atoms with van der Waals surface area (Å²) in [4.78, 5) is 2.29. The number of halogens is 1. The summed E-state index contributed by atoms with van der Waals surface area (Å²) in [5, 5.41) is 0. The summed E-state index contributed by atoms with van der Waals surface area (Å²) in [6, 6.07) is 7.08. The first-order valence-electron chi connectivity index (χ1n) is 5.46. The molecule has 82 valence electrons. The van der Waals surface area contributed by atoms with Crippen LogP contribution in [0.1, 0.15) is 18.4 Å². The van der Waals surface area contributed by atoms with E-state index in [2.05, 4.69) is 4.90 Å². The van der Waals surface area contributed by atoms with Crippen molar-refractivity contribution < 1.29 is 4.39 Å². The lowest BCUT2D eigenvalue weighted by atomic mass is 10.1. The van der Waals surface area contributed by atoms with Gasteiger partial charge >= 0.3 is 0 Å². The molecule has 0 radical (unpaired) electrons. The van der Waals surface area contributed by atoms with Crippen molar-refractivity contribution in [2.24, 2.45) is 5.73 Å². The molecule has 3 heteroatoms. The highest BCUT2D eigenvalue weighted by atomic mass is 19.1. The number of nitrogens with two attached hydrogens (primary N) is 1. The Labute approximate surface area is 89.9 Å². The number of rotatable bonds is 2. The molecular weight excluding hydrogens is 191 g/mol. The number of piperidine rings is 1. The summed E-state index contributed by atoms with van der Waals surface area (Å²) in [5.41, 5.74) is 6.92. The smallest absolute Gasteiger partial charge is 0.123 e. The molecule has 0 aliphatic carbocycles. The van der Waals surface area contributed by atoms with Gasteiger partial charge in [0.1, 0.15) is 5.82 Å². The number of benzene rings is 1. The van der Waals surface area contributed by atoms with Gasteiger partial charge in [-0.2, -0.15) is 0 Å². The number of nitrogens with zero attached hydrogens (tertiary/aromatic N) is 1. The molecule has 15 heavy (non-hydrogen) atoms. The predicted octanol–water partition coefficient (Wildman–Crippen LogP) is 1.75. The van der Waals surface area contributed by atoms with E-state index in [0.717, 1.165) is 38.0 Å². The predicted molar refractivity (Wildman–Crippen MR) is 58.9 cm³/mol. The summed E-state index contributed by atoms with van der Waals surface area (Å²) >= 11 is 0. The van der Waals surface area contributed by atoms with E-state index in [-0.39, 0.29) is 11.9 Å². The van der Waals surface area contributed by atoms with Gasteiger partial charge in [-0.15, -0.1) is 0 Å². The first-order chi connectivity index (χ1) is 7.24. The second-order valence-corrected chi connectivity index (χ2v) is 4.27. The molecule has 1 atom stereocenters. The second-order valence-electron chi connectivity index (χ2n) is 4.27. The van der Waals surface area contributed by atoms with Crippen molar-refractivity contribution >= 4 is 0 Å². The van der Waals surface area contributed by atoms with Crippen LogP contribution >= 0.6 is 0 Å². The molecule has 1 aliphatic rings. The molecule has 1 aliphatic heterocycles. The minimum Gasteiger partial charge on any atom is -0.327 e. The maximum atomic E-state index is 13.0. The van der Waals surface area contributed by atoms with Crippen LogP contribution < -0.4 is 5.73 Å². The fourth-order valence-electron chi connectivity index (χ4n) is 2.13. The minimum atomic E-state index is -0.159. The van der Waals surface area contributed by atoms with E-state index in [4.69, 9.17) is 5.73 Å². The average Bonchev–Trinajstić information content (AvgIpc) is 2.17. The fraction of sp³-hybridized carbons (Fsp3) is 0.500. The largest absolute Gasteiger partial charge is 0.327 e. The van der Waals surface area contributed by atoms with Crippen LogP contribution in [0.25, 0.3) is 0 Å². The minimum absolute atomic E-state index is 0.159. The zero-order valence-corrected chi connectivity index (χ0v) is 8.82. The maximum absolute atomic E-state index is 13.0. The Morgan fingerprint density at radius 3 is 3.07 bits per heavy atom. The molecule has 0 saturated carbocycles. The zero-order valence-electron chi connectivity index (χ0n) is 8.82. The van der Waals surface area contributed by atoms with E-state index in [1.54, 1.807) is 12.1 Å². The molecule has 2 rings (SSSR count). The van der Waals surface area contributed by atoms with Gasteiger partial charge in [0, 0.05) is 19.1 Å². The molecular formula is C12H17FN2. The lowest BCUT2D eigenvalue weighted by molar-refractivity contribution is 0.201. The Kier molecular flexibility index (Phi) is 3.34. The molecule has 0 spiro atoms. The van der Waals surface area contributed by atoms with Crippen molar-refractivity contribution in [1.29, 1.82) is 0 Å². The van der Waals surface area contributed by atoms with E-state index in [9.17, 15) is 4.39 Å². The summed E-state index contributed by atoms with van der Waals surface area (Å²) in [5.74, 6) is -0.159. The summed E-state index contributed by atoms with van der Waals surface area (Å²) < 4.78 is 13.0. The van der Waals surface area contributed by atoms with Gasteiger partial charge in [-0.1, -0.05) is 12.1 Å². The average molecular weight is 208 g/mol. The van der Waals surface area contributed by atoms with E-state index in [0.29, 0.717) is 0 Å². The SMILES string of the molecule is N[C@H]1CCCN(Cc2cccc(F)c2)C1. The molecule has 0 bridgehead atoms. The van der Waals surface area contributed by atoms with Crippen LogP contribution in [-0.2, 0) is 6.54 Å². The van der Waals surface area contributed by atoms with Gasteiger partial charge in [0.15, 0.2) is 0 Å². The highest BCUT2D eigenvalue weighted by molar-refractivity contribution is 5.16. The molecule has 1 saturated heterocycles. The van der Waals surface area contributed by atoms with Crippen LogP contribution in [0.3, 0.4) is 0 Å². The van der Waals surface area contributed by atoms with Crippen LogP contribution in [0.2, 0.25) is 0 Å². The third kappa shape index (κ3) is 3.01. The molecule has 1 heterocycles. The van der Waals surface area contributed by atoms with Gasteiger partial charge in [0.2, 0.25) is 0 Å². The van der Waals surface area contributed by atoms with Crippen LogP contribution in [0.4, 0.5) is 4.39 Å². The van der Waals surface area contributed by atoms with Crippen molar-refractivity contribution in [3.63, 3.8) is 0 Å². The molecule has 1 aromatic rings. The van der Waals surface area contributed by atoms with E-state index in [1.807, 2.05) is 6.07 Å². The van der Waals surface area contributed by atoms with Gasteiger partial charge in [0.25, 0.3) is 0 Å². The number of hydrogen-bond acceptors (Lipinski definition) is 2. The monoisotopic (exact) mass is 208 g/mol. The van der Waals surface area contributed by atoms with Crippen molar-refractivity contribution in [2.75, 3.05) is 13.1 Å². The molecule has 1 aromatic carbocycles. The van der Waals surface area contributed by atoms with Crippen molar-refractivity contribution in [1.82, 2.24) is 4.90 Å². The van der Waals surface area contributed by atoms with E-state index in [1.165, 1.54) is 6.07 Å². The Hall–Kier alpha value is -0.930. The molecule has 0 aromatic heterocycles. The lowest BCUT2D eigenvalue weighted by Gasteiger charge is -2.30. The molecule has 0 unspecified atom stereocenters. The first-order valence-corrected chi connectivity index (χ1v) is 5.46. The third-order valence-corrected chi connectivity index (χ3v) is 2.84. The summed E-state index contributed by atoms with van der Waals surface area (Å²) in [6.07, 6.45) is 2.26. The Morgan fingerprint density at radius 1 is 1.47 bits per heavy atom. The van der Waals surface area contributed by atoms with Crippen molar-refractivity contribution in [3.05, 3.63) is 35.6 Å². The van der Waals surface area contributed by atoms with Gasteiger partial charge < -0.3 is 5.73 Å². The fourth-order valence-corrected chi connectivity index (χ4v) is 2.13. The third-order valence-electron chi connectivity index (χ3n) is 2.84. The Morgan fingerprint density at radius 2 is 2.33 bits per heavy atom. The number of likely N-dealkylation sites (tertiary alicyclic amines) is 1. The van der Waals surface area contributed by atoms with Crippen molar-refractivity contribution in [2.45, 2.75) is 25.4 Å². The Bertz CT molecular complexity index is 327. The van der Waals surface area contributed by atoms with Gasteiger partial charge in [-0.05, 0) is 37.1 Å². The summed E-state index contributed by atoms with van der Waals surface area (Å²) in [6.45, 7) is 2.81. The van der Waals surface area contributed by atoms with Crippen LogP contribution in [0, 0.1) is 5.82 Å². The highest BCUT2D eigenvalue weighted by Crippen LogP contribution is 2.13. The van der Waals surface area contributed by atoms with Crippen LogP contribution in [-0.4, -0.2) is 24.0 Å². The van der Waals surface area contributed by atoms with Crippen LogP contribution in [0.15, 0.2) is 24.3 Å². The summed E-state index contributed by atoms with van der Waals surface area (Å²) in [7, 11) is 0. The lowest BCUT2D eigenvalue weighted by Crippen LogP contribution is -2.42. The van der Waals surface area contributed by atoms with Crippen LogP contribution in [0.5, 0.6) is 0 Å². The molecule has 0 amide bonds. The second kappa shape index (κ2) is 4.73. The normalized spacial score (nSPS) is 22.9. The highest BCUT2D eigenvalue weighted by Gasteiger charge is 2.16.